The quantitative estimate of drug-likeness (QED) is 0.345. The number of guanidine groups is 1. The molecule has 6 heteroatoms. The number of hydrogen-bond donors (Lipinski definition) is 2. The highest BCUT2D eigenvalue weighted by Crippen LogP contribution is 2.18. The molecule has 1 aliphatic heterocycles. The lowest BCUT2D eigenvalue weighted by molar-refractivity contribution is 0.185. The van der Waals surface area contributed by atoms with Gasteiger partial charge in [0.25, 0.3) is 0 Å². The van der Waals surface area contributed by atoms with Gasteiger partial charge in [0.15, 0.2) is 5.96 Å². The molecular weight excluding hydrogens is 463 g/mol. The second-order valence-corrected chi connectivity index (χ2v) is 7.46. The SMILES string of the molecule is CN=C(NCCc1ccco1)NCc1ccc(CN2CCC(C)CC2)cc1.I. The highest BCUT2D eigenvalue weighted by atomic mass is 127. The predicted octanol–water partition coefficient (Wildman–Crippen LogP) is 4.04. The summed E-state index contributed by atoms with van der Waals surface area (Å²) in [5.41, 5.74) is 2.66. The third-order valence-electron chi connectivity index (χ3n) is 5.23. The molecule has 0 amide bonds. The number of nitrogens with zero attached hydrogens (tertiary/aromatic N) is 2. The van der Waals surface area contributed by atoms with E-state index in [-0.39, 0.29) is 24.0 Å². The van der Waals surface area contributed by atoms with Gasteiger partial charge in [-0.3, -0.25) is 9.89 Å². The van der Waals surface area contributed by atoms with Crippen LogP contribution < -0.4 is 10.6 Å². The maximum atomic E-state index is 5.35. The number of likely N-dealkylation sites (tertiary alicyclic amines) is 1. The molecule has 154 valence electrons. The fourth-order valence-corrected chi connectivity index (χ4v) is 3.41. The van der Waals surface area contributed by atoms with Crippen molar-refractivity contribution in [2.75, 3.05) is 26.7 Å². The third-order valence-corrected chi connectivity index (χ3v) is 5.23. The van der Waals surface area contributed by atoms with Gasteiger partial charge in [-0.1, -0.05) is 31.2 Å². The topological polar surface area (TPSA) is 52.8 Å². The van der Waals surface area contributed by atoms with Crippen LogP contribution in [-0.2, 0) is 19.5 Å². The monoisotopic (exact) mass is 496 g/mol. The van der Waals surface area contributed by atoms with Crippen LogP contribution >= 0.6 is 24.0 Å². The minimum absolute atomic E-state index is 0. The molecule has 28 heavy (non-hydrogen) atoms. The van der Waals surface area contributed by atoms with Gasteiger partial charge < -0.3 is 15.1 Å². The van der Waals surface area contributed by atoms with Crippen molar-refractivity contribution >= 4 is 29.9 Å². The Kier molecular flexibility index (Phi) is 9.84. The van der Waals surface area contributed by atoms with Gasteiger partial charge in [0.1, 0.15) is 5.76 Å². The van der Waals surface area contributed by atoms with E-state index in [1.807, 2.05) is 12.1 Å². The van der Waals surface area contributed by atoms with E-state index in [4.69, 9.17) is 4.42 Å². The average molecular weight is 496 g/mol. The van der Waals surface area contributed by atoms with Gasteiger partial charge in [0, 0.05) is 33.1 Å². The number of halogens is 1. The van der Waals surface area contributed by atoms with Crippen molar-refractivity contribution in [3.05, 3.63) is 59.5 Å². The summed E-state index contributed by atoms with van der Waals surface area (Å²) < 4.78 is 5.35. The zero-order valence-electron chi connectivity index (χ0n) is 17.0. The summed E-state index contributed by atoms with van der Waals surface area (Å²) in [5.74, 6) is 2.68. The second-order valence-electron chi connectivity index (χ2n) is 7.46. The average Bonchev–Trinajstić information content (AvgIpc) is 3.21. The Morgan fingerprint density at radius 2 is 1.82 bits per heavy atom. The van der Waals surface area contributed by atoms with Crippen LogP contribution in [0.2, 0.25) is 0 Å². The first kappa shape index (κ1) is 22.7. The summed E-state index contributed by atoms with van der Waals surface area (Å²) in [6.45, 7) is 7.44. The largest absolute Gasteiger partial charge is 0.469 e. The van der Waals surface area contributed by atoms with Gasteiger partial charge in [0.05, 0.1) is 6.26 Å². The van der Waals surface area contributed by atoms with Crippen LogP contribution in [0.3, 0.4) is 0 Å². The van der Waals surface area contributed by atoms with Gasteiger partial charge in [-0.25, -0.2) is 0 Å². The molecule has 1 aromatic carbocycles. The summed E-state index contributed by atoms with van der Waals surface area (Å²) in [6, 6.07) is 12.8. The first-order valence-corrected chi connectivity index (χ1v) is 10.00. The fraction of sp³-hybridized carbons (Fsp3) is 0.500. The summed E-state index contributed by atoms with van der Waals surface area (Å²) in [5, 5.41) is 6.69. The number of piperidine rings is 1. The van der Waals surface area contributed by atoms with Crippen molar-refractivity contribution < 1.29 is 4.42 Å². The van der Waals surface area contributed by atoms with Crippen LogP contribution in [0.4, 0.5) is 0 Å². The Hall–Kier alpha value is -1.54. The minimum Gasteiger partial charge on any atom is -0.469 e. The lowest BCUT2D eigenvalue weighted by Crippen LogP contribution is -2.37. The zero-order chi connectivity index (χ0) is 18.9. The number of rotatable bonds is 7. The molecule has 2 aromatic rings. The van der Waals surface area contributed by atoms with Crippen molar-refractivity contribution in [3.63, 3.8) is 0 Å². The van der Waals surface area contributed by atoms with Crippen molar-refractivity contribution in [2.24, 2.45) is 10.9 Å². The second kappa shape index (κ2) is 12.1. The molecule has 0 radical (unpaired) electrons. The van der Waals surface area contributed by atoms with Gasteiger partial charge >= 0.3 is 0 Å². The fourth-order valence-electron chi connectivity index (χ4n) is 3.41. The molecule has 1 aliphatic rings. The number of aliphatic imine (C=N–C) groups is 1. The summed E-state index contributed by atoms with van der Waals surface area (Å²) in [7, 11) is 1.80. The van der Waals surface area contributed by atoms with Crippen LogP contribution in [0.15, 0.2) is 52.1 Å². The van der Waals surface area contributed by atoms with Crippen molar-refractivity contribution in [1.29, 1.82) is 0 Å². The van der Waals surface area contributed by atoms with Gasteiger partial charge in [-0.05, 0) is 55.1 Å². The zero-order valence-corrected chi connectivity index (χ0v) is 19.3. The van der Waals surface area contributed by atoms with Crippen molar-refractivity contribution in [1.82, 2.24) is 15.5 Å². The van der Waals surface area contributed by atoms with Gasteiger partial charge in [0.2, 0.25) is 0 Å². The van der Waals surface area contributed by atoms with E-state index in [1.54, 1.807) is 13.3 Å². The maximum absolute atomic E-state index is 5.35. The molecular formula is C22H33IN4O. The molecule has 1 saturated heterocycles. The van der Waals surface area contributed by atoms with E-state index >= 15 is 0 Å². The summed E-state index contributed by atoms with van der Waals surface area (Å²) >= 11 is 0. The highest BCUT2D eigenvalue weighted by Gasteiger charge is 2.15. The lowest BCUT2D eigenvalue weighted by Gasteiger charge is -2.30. The van der Waals surface area contributed by atoms with Crippen molar-refractivity contribution in [3.8, 4) is 0 Å². The van der Waals surface area contributed by atoms with E-state index in [9.17, 15) is 0 Å². The normalized spacial score (nSPS) is 15.9. The van der Waals surface area contributed by atoms with Crippen molar-refractivity contribution in [2.45, 2.75) is 39.3 Å². The summed E-state index contributed by atoms with van der Waals surface area (Å²) in [6.07, 6.45) is 5.21. The van der Waals surface area contributed by atoms with Crippen LogP contribution in [0.25, 0.3) is 0 Å². The molecule has 0 saturated carbocycles. The Morgan fingerprint density at radius 3 is 2.46 bits per heavy atom. The minimum atomic E-state index is 0. The maximum Gasteiger partial charge on any atom is 0.191 e. The summed E-state index contributed by atoms with van der Waals surface area (Å²) in [4.78, 5) is 6.85. The number of hydrogen-bond acceptors (Lipinski definition) is 3. The number of benzene rings is 1. The molecule has 0 spiro atoms. The molecule has 0 unspecified atom stereocenters. The van der Waals surface area contributed by atoms with E-state index < -0.39 is 0 Å². The van der Waals surface area contributed by atoms with Crippen LogP contribution in [0, 0.1) is 5.92 Å². The molecule has 0 bridgehead atoms. The van der Waals surface area contributed by atoms with Crippen LogP contribution in [0.1, 0.15) is 36.7 Å². The predicted molar refractivity (Wildman–Crippen MR) is 126 cm³/mol. The Bertz CT molecular complexity index is 692. The standard InChI is InChI=1S/C22H32N4O.HI/c1-18-10-13-26(14-11-18)17-20-7-5-19(6-8-20)16-25-22(23-2)24-12-9-21-4-3-15-27-21;/h3-8,15,18H,9-14,16-17H2,1-2H3,(H2,23,24,25);1H. The molecule has 5 nitrogen and oxygen atoms in total. The molecule has 1 aromatic heterocycles. The van der Waals surface area contributed by atoms with Crippen LogP contribution in [0.5, 0.6) is 0 Å². The highest BCUT2D eigenvalue weighted by molar-refractivity contribution is 14.0. The smallest absolute Gasteiger partial charge is 0.191 e. The Labute approximate surface area is 186 Å². The first-order valence-electron chi connectivity index (χ1n) is 10.00. The van der Waals surface area contributed by atoms with Gasteiger partial charge in [-0.15, -0.1) is 24.0 Å². The molecule has 0 atom stereocenters. The molecule has 1 fully saturated rings. The molecule has 2 heterocycles. The van der Waals surface area contributed by atoms with Gasteiger partial charge in [-0.2, -0.15) is 0 Å². The van der Waals surface area contributed by atoms with E-state index in [2.05, 4.69) is 51.7 Å². The van der Waals surface area contributed by atoms with E-state index in [1.165, 1.54) is 37.1 Å². The Morgan fingerprint density at radius 1 is 1.11 bits per heavy atom. The Balaban J connectivity index is 0.00000280. The van der Waals surface area contributed by atoms with E-state index in [0.717, 1.165) is 43.7 Å². The number of nitrogens with one attached hydrogen (secondary N) is 2. The van der Waals surface area contributed by atoms with E-state index in [0.29, 0.717) is 0 Å². The first-order chi connectivity index (χ1) is 13.2. The molecule has 0 aliphatic carbocycles. The third kappa shape index (κ3) is 7.47. The number of furan rings is 1. The molecule has 2 N–H and O–H groups in total. The van der Waals surface area contributed by atoms with Crippen LogP contribution in [-0.4, -0.2) is 37.5 Å². The molecule has 3 rings (SSSR count). The lowest BCUT2D eigenvalue weighted by atomic mass is 9.99.